The highest BCUT2D eigenvalue weighted by molar-refractivity contribution is 7.10. The molecule has 2 N–H and O–H groups in total. The van der Waals surface area contributed by atoms with Crippen molar-refractivity contribution in [2.24, 2.45) is 0 Å². The van der Waals surface area contributed by atoms with E-state index in [1.54, 1.807) is 34.2 Å². The van der Waals surface area contributed by atoms with Gasteiger partial charge in [0.25, 0.3) is 11.8 Å². The Hall–Kier alpha value is -3.77. The topological polar surface area (TPSA) is 139 Å². The Morgan fingerprint density at radius 1 is 1.10 bits per heavy atom. The van der Waals surface area contributed by atoms with E-state index in [1.165, 1.54) is 4.88 Å². The Morgan fingerprint density at radius 3 is 2.55 bits per heavy atom. The number of carbonyl (C=O) groups excluding carboxylic acids is 4. The molecule has 4 heterocycles. The van der Waals surface area contributed by atoms with Gasteiger partial charge in [0, 0.05) is 23.3 Å². The number of carbonyl (C=O) groups is 4. The Morgan fingerprint density at radius 2 is 1.88 bits per heavy atom. The summed E-state index contributed by atoms with van der Waals surface area (Å²) >= 11 is 1.67. The van der Waals surface area contributed by atoms with Gasteiger partial charge in [-0.25, -0.2) is 4.68 Å². The summed E-state index contributed by atoms with van der Waals surface area (Å²) in [6.07, 6.45) is 0.899. The van der Waals surface area contributed by atoms with Crippen LogP contribution in [0.1, 0.15) is 96.9 Å². The van der Waals surface area contributed by atoms with Crippen LogP contribution < -0.4 is 10.6 Å². The maximum Gasteiger partial charge on any atom is 0.262 e. The summed E-state index contributed by atoms with van der Waals surface area (Å²) < 4.78 is 1.77. The summed E-state index contributed by atoms with van der Waals surface area (Å²) in [5, 5.41) is 20.6. The van der Waals surface area contributed by atoms with Crippen LogP contribution in [0.25, 0.3) is 0 Å². The Labute approximate surface area is 236 Å². The van der Waals surface area contributed by atoms with Crippen molar-refractivity contribution in [1.82, 2.24) is 35.7 Å². The fraction of sp³-hybridized carbons (Fsp3) is 0.464. The first-order valence-electron chi connectivity index (χ1n) is 13.4. The number of fused-ring (bicyclic) bond motifs is 1. The minimum Gasteiger partial charge on any atom is -0.303 e. The van der Waals surface area contributed by atoms with Gasteiger partial charge in [-0.05, 0) is 60.2 Å². The number of nitrogens with zero attached hydrogens (tertiary/aromatic N) is 5. The summed E-state index contributed by atoms with van der Waals surface area (Å²) in [6.45, 7) is 10.9. The van der Waals surface area contributed by atoms with Crippen molar-refractivity contribution in [2.75, 3.05) is 6.54 Å². The standard InChI is InChI=1S/C28H33N7O4S/c1-6-28(4,5)35-23(31-32-33-35)22(29-15-27(2,3)19-11-8-14-40-19)16-9-7-10-17-21(16)26(39)34(25(17)38)18-12-13-20(36)30-24(18)37/h7-11,14,18,22,29H,6,12-13,15H2,1-5H3,(H,30,36,37). The molecule has 2 unspecified atom stereocenters. The van der Waals surface area contributed by atoms with Gasteiger partial charge in [-0.15, -0.1) is 16.4 Å². The number of nitrogens with one attached hydrogen (secondary N) is 2. The van der Waals surface area contributed by atoms with Crippen LogP contribution in [-0.2, 0) is 20.5 Å². The largest absolute Gasteiger partial charge is 0.303 e. The van der Waals surface area contributed by atoms with Crippen LogP contribution in [0.5, 0.6) is 0 Å². The first-order valence-corrected chi connectivity index (χ1v) is 14.2. The molecule has 40 heavy (non-hydrogen) atoms. The monoisotopic (exact) mass is 563 g/mol. The predicted octanol–water partition coefficient (Wildman–Crippen LogP) is 2.94. The molecule has 4 amide bonds. The van der Waals surface area contributed by atoms with E-state index in [2.05, 4.69) is 46.1 Å². The second-order valence-corrected chi connectivity index (χ2v) is 12.5. The zero-order valence-corrected chi connectivity index (χ0v) is 24.0. The number of hydrogen-bond donors (Lipinski definition) is 2. The van der Waals surface area contributed by atoms with E-state index in [-0.39, 0.29) is 29.4 Å². The average Bonchev–Trinajstić information content (AvgIpc) is 3.67. The number of aromatic nitrogens is 4. The van der Waals surface area contributed by atoms with E-state index in [0.717, 1.165) is 11.3 Å². The molecule has 5 rings (SSSR count). The fourth-order valence-electron chi connectivity index (χ4n) is 5.18. The molecule has 0 spiro atoms. The first kappa shape index (κ1) is 27.8. The summed E-state index contributed by atoms with van der Waals surface area (Å²) in [5.41, 5.74) is 0.313. The molecule has 210 valence electrons. The summed E-state index contributed by atoms with van der Waals surface area (Å²) in [7, 11) is 0. The molecule has 3 aromatic rings. The molecule has 0 aliphatic carbocycles. The summed E-state index contributed by atoms with van der Waals surface area (Å²) in [6, 6.07) is 7.54. The van der Waals surface area contributed by atoms with Crippen molar-refractivity contribution in [3.63, 3.8) is 0 Å². The van der Waals surface area contributed by atoms with E-state index in [1.807, 2.05) is 32.2 Å². The van der Waals surface area contributed by atoms with Crippen molar-refractivity contribution in [3.8, 4) is 0 Å². The number of piperidine rings is 1. The molecule has 2 aliphatic rings. The van der Waals surface area contributed by atoms with Crippen LogP contribution in [0.15, 0.2) is 35.7 Å². The van der Waals surface area contributed by atoms with Gasteiger partial charge >= 0.3 is 0 Å². The van der Waals surface area contributed by atoms with Crippen LogP contribution in [0.2, 0.25) is 0 Å². The Bertz CT molecular complexity index is 1480. The zero-order valence-electron chi connectivity index (χ0n) is 23.2. The fourth-order valence-corrected chi connectivity index (χ4v) is 6.04. The van der Waals surface area contributed by atoms with Gasteiger partial charge in [-0.1, -0.05) is 39.0 Å². The highest BCUT2D eigenvalue weighted by Crippen LogP contribution is 2.36. The van der Waals surface area contributed by atoms with Crippen LogP contribution >= 0.6 is 11.3 Å². The lowest BCUT2D eigenvalue weighted by atomic mass is 9.89. The van der Waals surface area contributed by atoms with Gasteiger partial charge < -0.3 is 5.32 Å². The van der Waals surface area contributed by atoms with E-state index in [9.17, 15) is 19.2 Å². The molecule has 2 aliphatic heterocycles. The highest BCUT2D eigenvalue weighted by atomic mass is 32.1. The molecule has 0 saturated carbocycles. The maximum atomic E-state index is 13.9. The normalized spacial score (nSPS) is 18.7. The third kappa shape index (κ3) is 4.75. The van der Waals surface area contributed by atoms with Crippen molar-refractivity contribution < 1.29 is 19.2 Å². The molecule has 11 nitrogen and oxygen atoms in total. The Kier molecular flexibility index (Phi) is 7.17. The minimum atomic E-state index is -1.05. The second kappa shape index (κ2) is 10.3. The lowest BCUT2D eigenvalue weighted by Gasteiger charge is -2.31. The third-order valence-corrected chi connectivity index (χ3v) is 9.17. The van der Waals surface area contributed by atoms with Gasteiger partial charge in [0.2, 0.25) is 11.8 Å². The SMILES string of the molecule is CCC(C)(C)n1nnnc1C(NCC(C)(C)c1cccs1)c1cccc2c1C(=O)N(C1CCC(=O)NC1=O)C2=O. The molecule has 1 aromatic carbocycles. The lowest BCUT2D eigenvalue weighted by Crippen LogP contribution is -2.54. The molecule has 1 saturated heterocycles. The molecule has 12 heteroatoms. The molecule has 0 radical (unpaired) electrons. The Balaban J connectivity index is 1.59. The van der Waals surface area contributed by atoms with Gasteiger partial charge in [-0.2, -0.15) is 0 Å². The summed E-state index contributed by atoms with van der Waals surface area (Å²) in [5.74, 6) is -1.66. The molecule has 2 aromatic heterocycles. The van der Waals surface area contributed by atoms with Crippen LogP contribution in [0.3, 0.4) is 0 Å². The van der Waals surface area contributed by atoms with Crippen LogP contribution in [0, 0.1) is 0 Å². The van der Waals surface area contributed by atoms with Crippen molar-refractivity contribution in [2.45, 2.75) is 76.9 Å². The van der Waals surface area contributed by atoms with Gasteiger partial charge in [0.1, 0.15) is 6.04 Å². The molecule has 0 bridgehead atoms. The number of hydrogen-bond acceptors (Lipinski definition) is 9. The quantitative estimate of drug-likeness (QED) is 0.379. The van der Waals surface area contributed by atoms with Crippen molar-refractivity contribution in [1.29, 1.82) is 0 Å². The maximum absolute atomic E-state index is 13.9. The van der Waals surface area contributed by atoms with E-state index < -0.39 is 41.3 Å². The number of thiophene rings is 1. The second-order valence-electron chi connectivity index (χ2n) is 11.5. The first-order chi connectivity index (χ1) is 19.0. The van der Waals surface area contributed by atoms with Gasteiger partial charge in [0.05, 0.1) is 22.7 Å². The van der Waals surface area contributed by atoms with Gasteiger partial charge in [0.15, 0.2) is 5.82 Å². The van der Waals surface area contributed by atoms with Crippen molar-refractivity contribution in [3.05, 3.63) is 63.1 Å². The highest BCUT2D eigenvalue weighted by Gasteiger charge is 2.47. The number of imide groups is 2. The number of benzene rings is 1. The van der Waals surface area contributed by atoms with E-state index in [4.69, 9.17) is 0 Å². The smallest absolute Gasteiger partial charge is 0.262 e. The minimum absolute atomic E-state index is 0.0551. The summed E-state index contributed by atoms with van der Waals surface area (Å²) in [4.78, 5) is 54.0. The number of tetrazole rings is 1. The van der Waals surface area contributed by atoms with Crippen LogP contribution in [0.4, 0.5) is 0 Å². The molecule has 2 atom stereocenters. The van der Waals surface area contributed by atoms with Gasteiger partial charge in [-0.3, -0.25) is 29.4 Å². The van der Waals surface area contributed by atoms with E-state index in [0.29, 0.717) is 17.9 Å². The predicted molar refractivity (Wildman–Crippen MR) is 148 cm³/mol. The lowest BCUT2D eigenvalue weighted by molar-refractivity contribution is -0.136. The molecular weight excluding hydrogens is 530 g/mol. The third-order valence-electron chi connectivity index (χ3n) is 7.94. The molecule has 1 fully saturated rings. The zero-order chi connectivity index (χ0) is 28.8. The van der Waals surface area contributed by atoms with Crippen LogP contribution in [-0.4, -0.2) is 61.3 Å². The molecular formula is C28H33N7O4S. The van der Waals surface area contributed by atoms with Crippen molar-refractivity contribution >= 4 is 35.0 Å². The number of amides is 4. The average molecular weight is 564 g/mol. The van der Waals surface area contributed by atoms with E-state index >= 15 is 0 Å². The number of rotatable bonds is 9.